The maximum Gasteiger partial charge on any atom is 0.225 e. The Morgan fingerprint density at radius 3 is 2.50 bits per heavy atom. The Balaban J connectivity index is 1.32. The highest BCUT2D eigenvalue weighted by atomic mass is 16.5. The third-order valence-corrected chi connectivity index (χ3v) is 5.18. The molecular weight excluding hydrogens is 328 g/mol. The number of anilines is 1. The van der Waals surface area contributed by atoms with Crippen molar-refractivity contribution >= 4 is 5.95 Å². The highest BCUT2D eigenvalue weighted by molar-refractivity contribution is 5.32. The van der Waals surface area contributed by atoms with Crippen molar-refractivity contribution in [2.24, 2.45) is 0 Å². The fourth-order valence-corrected chi connectivity index (χ4v) is 3.79. The first-order valence-electron chi connectivity index (χ1n) is 9.67. The van der Waals surface area contributed by atoms with Crippen LogP contribution in [0, 0.1) is 13.8 Å². The number of nitrogens with zero attached hydrogens (tertiary/aromatic N) is 4. The Kier molecular flexibility index (Phi) is 5.22. The number of furan rings is 1. The molecule has 1 atom stereocenters. The van der Waals surface area contributed by atoms with Gasteiger partial charge < -0.3 is 14.1 Å². The van der Waals surface area contributed by atoms with Gasteiger partial charge in [0.1, 0.15) is 17.6 Å². The van der Waals surface area contributed by atoms with Crippen LogP contribution in [0.3, 0.4) is 0 Å². The van der Waals surface area contributed by atoms with Gasteiger partial charge in [0.15, 0.2) is 0 Å². The summed E-state index contributed by atoms with van der Waals surface area (Å²) in [7, 11) is 0. The topological polar surface area (TPSA) is 54.6 Å². The third kappa shape index (κ3) is 4.07. The summed E-state index contributed by atoms with van der Waals surface area (Å²) >= 11 is 0. The van der Waals surface area contributed by atoms with E-state index in [4.69, 9.17) is 9.15 Å². The van der Waals surface area contributed by atoms with Gasteiger partial charge in [-0.25, -0.2) is 9.97 Å². The summed E-state index contributed by atoms with van der Waals surface area (Å²) in [5.41, 5.74) is 2.06. The van der Waals surface area contributed by atoms with Crippen molar-refractivity contribution < 1.29 is 9.15 Å². The maximum atomic E-state index is 6.06. The number of aromatic nitrogens is 2. The number of aryl methyl sites for hydroxylation is 2. The molecule has 2 saturated heterocycles. The van der Waals surface area contributed by atoms with Gasteiger partial charge in [0.2, 0.25) is 5.95 Å². The molecular formula is C20H28N4O2. The van der Waals surface area contributed by atoms with Crippen molar-refractivity contribution in [2.45, 2.75) is 45.8 Å². The van der Waals surface area contributed by atoms with E-state index in [9.17, 15) is 0 Å². The van der Waals surface area contributed by atoms with Crippen LogP contribution in [0.15, 0.2) is 22.6 Å². The number of ether oxygens (including phenoxy) is 1. The van der Waals surface area contributed by atoms with Gasteiger partial charge in [-0.3, -0.25) is 4.90 Å². The molecule has 2 aliphatic rings. The first-order valence-corrected chi connectivity index (χ1v) is 9.67. The average Bonchev–Trinajstić information content (AvgIpc) is 3.11. The fraction of sp³-hybridized carbons (Fsp3) is 0.600. The molecule has 0 aliphatic carbocycles. The van der Waals surface area contributed by atoms with Gasteiger partial charge in [0, 0.05) is 44.2 Å². The van der Waals surface area contributed by atoms with Crippen LogP contribution in [-0.4, -0.2) is 47.7 Å². The summed E-state index contributed by atoms with van der Waals surface area (Å²) in [6.45, 7) is 9.64. The zero-order valence-corrected chi connectivity index (χ0v) is 15.8. The van der Waals surface area contributed by atoms with Gasteiger partial charge in [-0.1, -0.05) is 0 Å². The lowest BCUT2D eigenvalue weighted by Crippen LogP contribution is -2.46. The molecule has 0 radical (unpaired) electrons. The predicted molar refractivity (Wildman–Crippen MR) is 100 cm³/mol. The summed E-state index contributed by atoms with van der Waals surface area (Å²) in [6.07, 6.45) is 3.61. The minimum atomic E-state index is 0.149. The van der Waals surface area contributed by atoms with Gasteiger partial charge in [0.25, 0.3) is 0 Å². The monoisotopic (exact) mass is 356 g/mol. The van der Waals surface area contributed by atoms with E-state index in [2.05, 4.69) is 31.9 Å². The molecule has 4 rings (SSSR count). The zero-order valence-electron chi connectivity index (χ0n) is 15.8. The molecule has 0 bridgehead atoms. The maximum absolute atomic E-state index is 6.06. The minimum absolute atomic E-state index is 0.149. The third-order valence-electron chi connectivity index (χ3n) is 5.18. The molecule has 0 aromatic carbocycles. The van der Waals surface area contributed by atoms with Crippen LogP contribution in [0.2, 0.25) is 0 Å². The first-order chi connectivity index (χ1) is 12.7. The summed E-state index contributed by atoms with van der Waals surface area (Å²) in [5, 5.41) is 0. The standard InChI is InChI=1S/C20H28N4O2/c1-15-13-16(2)22-20(21-15)24-10-8-23(9-11-24)14-17-6-7-19(26-17)18-5-3-4-12-25-18/h6-7,13,18H,3-5,8-12,14H2,1-2H3/t18-/m0/s1. The van der Waals surface area contributed by atoms with E-state index in [1.165, 1.54) is 12.8 Å². The van der Waals surface area contributed by atoms with Gasteiger partial charge in [-0.05, 0) is 51.3 Å². The lowest BCUT2D eigenvalue weighted by atomic mass is 10.1. The Hall–Kier alpha value is -1.92. The van der Waals surface area contributed by atoms with E-state index in [1.807, 2.05) is 19.9 Å². The minimum Gasteiger partial charge on any atom is -0.462 e. The van der Waals surface area contributed by atoms with Crippen LogP contribution in [0.5, 0.6) is 0 Å². The molecule has 0 unspecified atom stereocenters. The largest absolute Gasteiger partial charge is 0.462 e. The number of rotatable bonds is 4. The van der Waals surface area contributed by atoms with Crippen LogP contribution in [0.1, 0.15) is 48.3 Å². The molecule has 26 heavy (non-hydrogen) atoms. The highest BCUT2D eigenvalue weighted by Gasteiger charge is 2.22. The average molecular weight is 356 g/mol. The predicted octanol–water partition coefficient (Wildman–Crippen LogP) is 3.25. The molecule has 2 fully saturated rings. The number of hydrogen-bond donors (Lipinski definition) is 0. The van der Waals surface area contributed by atoms with E-state index in [0.717, 1.165) is 74.6 Å². The number of hydrogen-bond acceptors (Lipinski definition) is 6. The van der Waals surface area contributed by atoms with Crippen molar-refractivity contribution in [3.63, 3.8) is 0 Å². The molecule has 0 saturated carbocycles. The Labute approximate surface area is 155 Å². The Bertz CT molecular complexity index is 711. The number of piperazine rings is 1. The smallest absolute Gasteiger partial charge is 0.225 e. The van der Waals surface area contributed by atoms with Crippen molar-refractivity contribution in [2.75, 3.05) is 37.7 Å². The van der Waals surface area contributed by atoms with E-state index in [0.29, 0.717) is 0 Å². The van der Waals surface area contributed by atoms with Gasteiger partial charge in [-0.2, -0.15) is 0 Å². The van der Waals surface area contributed by atoms with Crippen molar-refractivity contribution in [3.05, 3.63) is 41.1 Å². The van der Waals surface area contributed by atoms with Crippen LogP contribution in [0.25, 0.3) is 0 Å². The van der Waals surface area contributed by atoms with Gasteiger partial charge in [-0.15, -0.1) is 0 Å². The van der Waals surface area contributed by atoms with Crippen molar-refractivity contribution in [1.82, 2.24) is 14.9 Å². The van der Waals surface area contributed by atoms with Gasteiger partial charge in [0.05, 0.1) is 6.54 Å². The lowest BCUT2D eigenvalue weighted by Gasteiger charge is -2.34. The molecule has 0 spiro atoms. The first kappa shape index (κ1) is 17.5. The van der Waals surface area contributed by atoms with Crippen LogP contribution >= 0.6 is 0 Å². The second kappa shape index (κ2) is 7.76. The molecule has 4 heterocycles. The molecule has 140 valence electrons. The van der Waals surface area contributed by atoms with E-state index >= 15 is 0 Å². The quantitative estimate of drug-likeness (QED) is 0.838. The highest BCUT2D eigenvalue weighted by Crippen LogP contribution is 2.29. The van der Waals surface area contributed by atoms with E-state index in [1.54, 1.807) is 0 Å². The molecule has 0 amide bonds. The van der Waals surface area contributed by atoms with Crippen molar-refractivity contribution in [3.8, 4) is 0 Å². The van der Waals surface area contributed by atoms with Crippen LogP contribution in [-0.2, 0) is 11.3 Å². The molecule has 6 heteroatoms. The molecule has 6 nitrogen and oxygen atoms in total. The summed E-state index contributed by atoms with van der Waals surface area (Å²) in [4.78, 5) is 13.9. The normalized spacial score (nSPS) is 21.9. The van der Waals surface area contributed by atoms with Gasteiger partial charge >= 0.3 is 0 Å². The molecule has 2 aromatic heterocycles. The van der Waals surface area contributed by atoms with E-state index in [-0.39, 0.29) is 6.10 Å². The van der Waals surface area contributed by atoms with E-state index < -0.39 is 0 Å². The van der Waals surface area contributed by atoms with Crippen LogP contribution in [0.4, 0.5) is 5.95 Å². The zero-order chi connectivity index (χ0) is 17.9. The molecule has 0 N–H and O–H groups in total. The molecule has 2 aromatic rings. The fourth-order valence-electron chi connectivity index (χ4n) is 3.79. The summed E-state index contributed by atoms with van der Waals surface area (Å²) < 4.78 is 11.9. The summed E-state index contributed by atoms with van der Waals surface area (Å²) in [5.74, 6) is 2.88. The SMILES string of the molecule is Cc1cc(C)nc(N2CCN(Cc3ccc([C@@H]4CCCCO4)o3)CC2)n1. The molecule has 2 aliphatic heterocycles. The second-order valence-corrected chi connectivity index (χ2v) is 7.37. The Morgan fingerprint density at radius 2 is 1.81 bits per heavy atom. The summed E-state index contributed by atoms with van der Waals surface area (Å²) in [6, 6.07) is 6.21. The van der Waals surface area contributed by atoms with Crippen molar-refractivity contribution in [1.29, 1.82) is 0 Å². The Morgan fingerprint density at radius 1 is 1.04 bits per heavy atom. The van der Waals surface area contributed by atoms with Crippen LogP contribution < -0.4 is 4.90 Å². The lowest BCUT2D eigenvalue weighted by molar-refractivity contribution is 0.000832. The second-order valence-electron chi connectivity index (χ2n) is 7.37.